The van der Waals surface area contributed by atoms with E-state index in [9.17, 15) is 14.9 Å². The van der Waals surface area contributed by atoms with E-state index in [0.717, 1.165) is 17.4 Å². The molecule has 0 saturated heterocycles. The maximum atomic E-state index is 13.1. The summed E-state index contributed by atoms with van der Waals surface area (Å²) in [6.07, 6.45) is 4.03. The molecule has 2 aromatic heterocycles. The molecule has 144 valence electrons. The summed E-state index contributed by atoms with van der Waals surface area (Å²) in [5.41, 5.74) is -0.0581. The predicted octanol–water partition coefficient (Wildman–Crippen LogP) is 2.26. The molecule has 1 unspecified atom stereocenters. The largest absolute Gasteiger partial charge is 0.332 e. The zero-order valence-electron chi connectivity index (χ0n) is 16.2. The highest BCUT2D eigenvalue weighted by Crippen LogP contribution is 2.12. The van der Waals surface area contributed by atoms with Crippen molar-refractivity contribution < 1.29 is 0 Å². The van der Waals surface area contributed by atoms with Gasteiger partial charge in [0.15, 0.2) is 11.2 Å². The predicted molar refractivity (Wildman–Crippen MR) is 102 cm³/mol. The van der Waals surface area contributed by atoms with E-state index < -0.39 is 17.2 Å². The zero-order chi connectivity index (χ0) is 20.0. The fourth-order valence-electron chi connectivity index (χ4n) is 3.08. The molecule has 0 N–H and O–H groups in total. The van der Waals surface area contributed by atoms with Gasteiger partial charge in [0.1, 0.15) is 0 Å². The van der Waals surface area contributed by atoms with Crippen LogP contribution in [-0.4, -0.2) is 18.7 Å². The lowest BCUT2D eigenvalue weighted by atomic mass is 10.1. The van der Waals surface area contributed by atoms with Crippen molar-refractivity contribution in [2.45, 2.75) is 66.1 Å². The van der Waals surface area contributed by atoms with Crippen LogP contribution in [0.1, 0.15) is 46.5 Å². The van der Waals surface area contributed by atoms with Crippen molar-refractivity contribution in [1.29, 1.82) is 10.5 Å². The van der Waals surface area contributed by atoms with Crippen LogP contribution in [0.4, 0.5) is 0 Å². The molecule has 0 radical (unpaired) electrons. The van der Waals surface area contributed by atoms with Gasteiger partial charge in [0.05, 0.1) is 24.4 Å². The lowest BCUT2D eigenvalue weighted by Crippen LogP contribution is -2.42. The first-order chi connectivity index (χ1) is 12.9. The van der Waals surface area contributed by atoms with E-state index in [4.69, 9.17) is 5.26 Å². The van der Waals surface area contributed by atoms with Gasteiger partial charge in [-0.3, -0.25) is 13.9 Å². The third-order valence-electron chi connectivity index (χ3n) is 4.47. The standard InChI is InChI=1S/C19H26N6O2/c1-4-5-9-23-13-22-17-16(23)18(26)25(12-15(10-21)7-6-8-20)19(27)24(17)11-14(2)3/h13-15H,4-7,9,11-12H2,1-3H3. The molecule has 8 nitrogen and oxygen atoms in total. The Morgan fingerprint density at radius 1 is 1.19 bits per heavy atom. The second-order valence-corrected chi connectivity index (χ2v) is 7.19. The monoisotopic (exact) mass is 370 g/mol. The summed E-state index contributed by atoms with van der Waals surface area (Å²) in [5.74, 6) is -0.366. The molecule has 2 aromatic rings. The first-order valence-electron chi connectivity index (χ1n) is 9.39. The maximum absolute atomic E-state index is 13.1. The number of rotatable bonds is 9. The van der Waals surface area contributed by atoms with E-state index in [1.807, 2.05) is 19.9 Å². The molecular weight excluding hydrogens is 344 g/mol. The van der Waals surface area contributed by atoms with Crippen LogP contribution < -0.4 is 11.2 Å². The Morgan fingerprint density at radius 3 is 2.52 bits per heavy atom. The zero-order valence-corrected chi connectivity index (χ0v) is 16.2. The molecule has 0 amide bonds. The number of hydrogen-bond acceptors (Lipinski definition) is 5. The molecule has 0 aromatic carbocycles. The molecule has 0 aliphatic rings. The lowest BCUT2D eigenvalue weighted by Gasteiger charge is -2.15. The first-order valence-corrected chi connectivity index (χ1v) is 9.39. The van der Waals surface area contributed by atoms with Crippen molar-refractivity contribution in [3.63, 3.8) is 0 Å². The van der Waals surface area contributed by atoms with Crippen molar-refractivity contribution in [1.82, 2.24) is 18.7 Å². The first kappa shape index (κ1) is 20.4. The Hall–Kier alpha value is -2.87. The number of nitrogens with zero attached hydrogens (tertiary/aromatic N) is 6. The average molecular weight is 370 g/mol. The number of unbranched alkanes of at least 4 members (excludes halogenated alkanes) is 1. The van der Waals surface area contributed by atoms with Crippen molar-refractivity contribution in [2.75, 3.05) is 0 Å². The van der Waals surface area contributed by atoms with Crippen LogP contribution in [0.3, 0.4) is 0 Å². The molecule has 0 aliphatic carbocycles. The molecule has 2 rings (SSSR count). The lowest BCUT2D eigenvalue weighted by molar-refractivity contribution is 0.447. The molecule has 2 heterocycles. The fourth-order valence-corrected chi connectivity index (χ4v) is 3.08. The minimum Gasteiger partial charge on any atom is -0.325 e. The van der Waals surface area contributed by atoms with Crippen LogP contribution in [0.15, 0.2) is 15.9 Å². The third-order valence-corrected chi connectivity index (χ3v) is 4.47. The Bertz CT molecular complexity index is 983. The van der Waals surface area contributed by atoms with Gasteiger partial charge >= 0.3 is 5.69 Å². The van der Waals surface area contributed by atoms with Crippen LogP contribution in [0.25, 0.3) is 11.2 Å². The van der Waals surface area contributed by atoms with Gasteiger partial charge in [0.2, 0.25) is 0 Å². The van der Waals surface area contributed by atoms with E-state index in [1.54, 1.807) is 10.9 Å². The molecule has 8 heteroatoms. The second-order valence-electron chi connectivity index (χ2n) is 7.19. The highest BCUT2D eigenvalue weighted by molar-refractivity contribution is 5.70. The average Bonchev–Trinajstić information content (AvgIpc) is 3.06. The van der Waals surface area contributed by atoms with Crippen molar-refractivity contribution in [3.05, 3.63) is 27.2 Å². The van der Waals surface area contributed by atoms with Gasteiger partial charge < -0.3 is 4.57 Å². The molecule has 0 saturated carbocycles. The second kappa shape index (κ2) is 9.18. The van der Waals surface area contributed by atoms with Crippen molar-refractivity contribution in [2.24, 2.45) is 11.8 Å². The van der Waals surface area contributed by atoms with Crippen LogP contribution in [-0.2, 0) is 19.6 Å². The maximum Gasteiger partial charge on any atom is 0.332 e. The summed E-state index contributed by atoms with van der Waals surface area (Å²) in [6, 6.07) is 4.12. The number of aromatic nitrogens is 4. The summed E-state index contributed by atoms with van der Waals surface area (Å²) in [5, 5.41) is 18.1. The number of hydrogen-bond donors (Lipinski definition) is 0. The van der Waals surface area contributed by atoms with E-state index in [0.29, 0.717) is 30.7 Å². The molecule has 0 aliphatic heterocycles. The summed E-state index contributed by atoms with van der Waals surface area (Å²) < 4.78 is 4.47. The Labute approximate surface area is 158 Å². The van der Waals surface area contributed by atoms with E-state index in [-0.39, 0.29) is 18.9 Å². The molecule has 1 atom stereocenters. The van der Waals surface area contributed by atoms with Gasteiger partial charge in [0.25, 0.3) is 5.56 Å². The molecular formula is C19H26N6O2. The smallest absolute Gasteiger partial charge is 0.325 e. The highest BCUT2D eigenvalue weighted by Gasteiger charge is 2.20. The summed E-state index contributed by atoms with van der Waals surface area (Å²) >= 11 is 0. The van der Waals surface area contributed by atoms with Gasteiger partial charge in [-0.2, -0.15) is 10.5 Å². The van der Waals surface area contributed by atoms with Crippen LogP contribution in [0.2, 0.25) is 0 Å². The van der Waals surface area contributed by atoms with Crippen LogP contribution >= 0.6 is 0 Å². The molecule has 0 fully saturated rings. The minimum absolute atomic E-state index is 0.0111. The number of nitriles is 2. The van der Waals surface area contributed by atoms with E-state index >= 15 is 0 Å². The van der Waals surface area contributed by atoms with Gasteiger partial charge in [-0.1, -0.05) is 27.2 Å². The topological polar surface area (TPSA) is 109 Å². The number of fused-ring (bicyclic) bond motifs is 1. The normalized spacial score (nSPS) is 12.2. The molecule has 0 spiro atoms. The van der Waals surface area contributed by atoms with Crippen LogP contribution in [0.5, 0.6) is 0 Å². The van der Waals surface area contributed by atoms with Crippen molar-refractivity contribution in [3.8, 4) is 12.1 Å². The summed E-state index contributed by atoms with van der Waals surface area (Å²) in [4.78, 5) is 30.4. The number of imidazole rings is 1. The van der Waals surface area contributed by atoms with E-state index in [2.05, 4.69) is 18.0 Å². The van der Waals surface area contributed by atoms with Gasteiger partial charge in [-0.15, -0.1) is 0 Å². The van der Waals surface area contributed by atoms with Gasteiger partial charge in [-0.25, -0.2) is 9.78 Å². The SMILES string of the molecule is CCCCn1cnc2c1c(=O)n(CC(C#N)CCC#N)c(=O)n2CC(C)C. The molecule has 27 heavy (non-hydrogen) atoms. The Kier molecular flexibility index (Phi) is 6.95. The Morgan fingerprint density at radius 2 is 1.93 bits per heavy atom. The fraction of sp³-hybridized carbons (Fsp3) is 0.632. The van der Waals surface area contributed by atoms with Gasteiger partial charge in [0, 0.05) is 26.1 Å². The molecule has 0 bridgehead atoms. The Balaban J connectivity index is 2.64. The quantitative estimate of drug-likeness (QED) is 0.672. The van der Waals surface area contributed by atoms with E-state index in [1.165, 1.54) is 4.57 Å². The summed E-state index contributed by atoms with van der Waals surface area (Å²) in [6.45, 7) is 7.13. The van der Waals surface area contributed by atoms with Crippen molar-refractivity contribution >= 4 is 11.2 Å². The van der Waals surface area contributed by atoms with Gasteiger partial charge in [-0.05, 0) is 18.8 Å². The highest BCUT2D eigenvalue weighted by atomic mass is 16.2. The van der Waals surface area contributed by atoms with Crippen LogP contribution in [0, 0.1) is 34.5 Å². The third kappa shape index (κ3) is 4.46. The number of aryl methyl sites for hydroxylation is 1. The summed E-state index contributed by atoms with van der Waals surface area (Å²) in [7, 11) is 0. The minimum atomic E-state index is -0.563.